The summed E-state index contributed by atoms with van der Waals surface area (Å²) in [4.78, 5) is 45.7. The highest BCUT2D eigenvalue weighted by molar-refractivity contribution is 9.10. The van der Waals surface area contributed by atoms with E-state index in [1.807, 2.05) is 146 Å². The summed E-state index contributed by atoms with van der Waals surface area (Å²) in [6, 6.07) is 72.4. The van der Waals surface area contributed by atoms with Crippen LogP contribution in [-0.4, -0.2) is 60.5 Å². The number of carbonyl (C=O) groups excluding carboxylic acids is 2. The lowest BCUT2D eigenvalue weighted by Crippen LogP contribution is -2.36. The molecule has 0 radical (unpaired) electrons. The standard InChI is InChI=1S/C29H24N2O5.C23H21NO3.C6H4BrNO2/c32-28-30(25-16-18-26(19-17-25)31(33)34)20-27(36-28)21-35-29(22-10-4-1-5-11-22,23-12-6-2-7-13-23)24-14-8-3-9-15-24;25-22-24-16-21(27-22)17-26-23(18-10-4-1-5-11-18,19-12-6-2-7-13-19)20-14-8-3-9-15-20;7-5-1-3-6(4-2-5)8(9)10/h1-19,27H,20-21H2;1-15,21H,16-17H2,(H,24,25);1-4H/t27-;21-;/m00./s1. The summed E-state index contributed by atoms with van der Waals surface area (Å²) in [5.74, 6) is 0. The minimum absolute atomic E-state index is 0.0374. The van der Waals surface area contributed by atoms with E-state index in [1.165, 1.54) is 29.2 Å². The van der Waals surface area contributed by atoms with Gasteiger partial charge >= 0.3 is 12.2 Å². The SMILES string of the molecule is O=C1NC[C@@H](COC(c2ccccc2)(c2ccccc2)c2ccccc2)O1.O=C1O[C@H](COC(c2ccccc2)(c2ccccc2)c2ccccc2)CN1c1ccc([N+](=O)[O-])cc1.O=[N+]([O-])c1ccc(Br)cc1. The maximum Gasteiger partial charge on any atom is 0.414 e. The molecule has 8 aromatic carbocycles. The molecule has 73 heavy (non-hydrogen) atoms. The number of amides is 2. The molecule has 0 saturated carbocycles. The topological polar surface area (TPSA) is 173 Å². The van der Waals surface area contributed by atoms with Crippen LogP contribution in [0.1, 0.15) is 33.4 Å². The van der Waals surface area contributed by atoms with Gasteiger partial charge in [-0.2, -0.15) is 0 Å². The van der Waals surface area contributed by atoms with Gasteiger partial charge in [0.15, 0.2) is 0 Å². The lowest BCUT2D eigenvalue weighted by molar-refractivity contribution is -0.385. The van der Waals surface area contributed by atoms with E-state index < -0.39 is 39.3 Å². The molecule has 8 aromatic rings. The molecule has 15 heteroatoms. The number of nitro benzene ring substituents is 2. The molecule has 2 aliphatic heterocycles. The molecule has 10 rings (SSSR count). The van der Waals surface area contributed by atoms with E-state index in [9.17, 15) is 29.8 Å². The Bertz CT molecular complexity index is 2860. The summed E-state index contributed by atoms with van der Waals surface area (Å²) in [7, 11) is 0. The van der Waals surface area contributed by atoms with Gasteiger partial charge in [-0.15, -0.1) is 0 Å². The van der Waals surface area contributed by atoms with Crippen LogP contribution >= 0.6 is 15.9 Å². The number of carbonyl (C=O) groups is 2. The lowest BCUT2D eigenvalue weighted by atomic mass is 9.80. The Morgan fingerprint density at radius 2 is 0.822 bits per heavy atom. The Morgan fingerprint density at radius 1 is 0.493 bits per heavy atom. The third kappa shape index (κ3) is 12.2. The first-order valence-corrected chi connectivity index (χ1v) is 24.0. The molecule has 0 aliphatic carbocycles. The summed E-state index contributed by atoms with van der Waals surface area (Å²) in [6.45, 7) is 1.16. The van der Waals surface area contributed by atoms with Gasteiger partial charge in [-0.3, -0.25) is 25.1 Å². The molecule has 14 nitrogen and oxygen atoms in total. The van der Waals surface area contributed by atoms with Crippen molar-refractivity contribution in [3.63, 3.8) is 0 Å². The number of benzene rings is 8. The molecule has 2 atom stereocenters. The molecular weight excluding hydrogens is 993 g/mol. The van der Waals surface area contributed by atoms with E-state index in [0.717, 1.165) is 37.9 Å². The lowest BCUT2D eigenvalue weighted by Gasteiger charge is -2.36. The van der Waals surface area contributed by atoms with Crippen LogP contribution in [0.25, 0.3) is 0 Å². The van der Waals surface area contributed by atoms with Crippen LogP contribution in [0.2, 0.25) is 0 Å². The van der Waals surface area contributed by atoms with Crippen molar-refractivity contribution in [2.24, 2.45) is 0 Å². The number of anilines is 1. The smallest absolute Gasteiger partial charge is 0.414 e. The predicted octanol–water partition coefficient (Wildman–Crippen LogP) is 12.4. The van der Waals surface area contributed by atoms with Crippen LogP contribution in [0, 0.1) is 20.2 Å². The average Bonchev–Trinajstić information content (AvgIpc) is 4.05. The fourth-order valence-corrected chi connectivity index (χ4v) is 8.90. The van der Waals surface area contributed by atoms with Crippen molar-refractivity contribution < 1.29 is 38.4 Å². The number of cyclic esters (lactones) is 2. The van der Waals surface area contributed by atoms with Crippen molar-refractivity contribution in [3.05, 3.63) is 289 Å². The Morgan fingerprint density at radius 3 is 1.14 bits per heavy atom. The zero-order valence-electron chi connectivity index (χ0n) is 39.2. The second kappa shape index (κ2) is 24.1. The monoisotopic (exact) mass is 1040 g/mol. The highest BCUT2D eigenvalue weighted by atomic mass is 79.9. The molecular formula is C58H49BrN4O10. The summed E-state index contributed by atoms with van der Waals surface area (Å²) in [5.41, 5.74) is 4.85. The first kappa shape index (κ1) is 50.9. The number of alkyl carbamates (subject to hydrolysis) is 1. The Labute approximate surface area is 430 Å². The average molecular weight is 1040 g/mol. The molecule has 0 bridgehead atoms. The molecule has 2 saturated heterocycles. The molecule has 0 unspecified atom stereocenters. The maximum atomic E-state index is 12.7. The number of nitrogens with one attached hydrogen (secondary N) is 1. The number of nitrogens with zero attached hydrogens (tertiary/aromatic N) is 3. The van der Waals surface area contributed by atoms with Gasteiger partial charge in [0.2, 0.25) is 0 Å². The molecule has 368 valence electrons. The number of halogens is 1. The normalized spacial score (nSPS) is 15.1. The highest BCUT2D eigenvalue weighted by Gasteiger charge is 2.42. The zero-order valence-corrected chi connectivity index (χ0v) is 40.8. The van der Waals surface area contributed by atoms with Crippen LogP contribution in [0.3, 0.4) is 0 Å². The molecule has 2 aliphatic rings. The molecule has 0 aromatic heterocycles. The zero-order chi connectivity index (χ0) is 51.0. The third-order valence-electron chi connectivity index (χ3n) is 12.1. The van der Waals surface area contributed by atoms with Gasteiger partial charge in [0.05, 0.1) is 36.1 Å². The summed E-state index contributed by atoms with van der Waals surface area (Å²) < 4.78 is 25.1. The Kier molecular flexibility index (Phi) is 16.8. The van der Waals surface area contributed by atoms with Gasteiger partial charge < -0.3 is 24.3 Å². The van der Waals surface area contributed by atoms with Gasteiger partial charge in [0.25, 0.3) is 11.4 Å². The van der Waals surface area contributed by atoms with E-state index in [0.29, 0.717) is 12.2 Å². The summed E-state index contributed by atoms with van der Waals surface area (Å²) in [6.07, 6.45) is -1.74. The number of hydrogen-bond donors (Lipinski definition) is 1. The van der Waals surface area contributed by atoms with Gasteiger partial charge in [0, 0.05) is 34.4 Å². The van der Waals surface area contributed by atoms with Crippen molar-refractivity contribution in [3.8, 4) is 0 Å². The largest absolute Gasteiger partial charge is 0.442 e. The third-order valence-corrected chi connectivity index (χ3v) is 12.6. The van der Waals surface area contributed by atoms with E-state index >= 15 is 0 Å². The number of non-ortho nitro benzene ring substituents is 2. The Balaban J connectivity index is 0.000000168. The fraction of sp³-hybridized carbons (Fsp3) is 0.138. The van der Waals surface area contributed by atoms with Crippen LogP contribution in [0.5, 0.6) is 0 Å². The number of rotatable bonds is 15. The van der Waals surface area contributed by atoms with Gasteiger partial charge in [-0.1, -0.05) is 198 Å². The van der Waals surface area contributed by atoms with Gasteiger partial charge in [-0.25, -0.2) is 9.59 Å². The Hall–Kier alpha value is -8.50. The first-order valence-electron chi connectivity index (χ1n) is 23.2. The maximum absolute atomic E-state index is 12.7. The minimum atomic E-state index is -0.920. The molecule has 0 spiro atoms. The second-order valence-electron chi connectivity index (χ2n) is 16.7. The second-order valence-corrected chi connectivity index (χ2v) is 17.6. The van der Waals surface area contributed by atoms with Gasteiger partial charge in [-0.05, 0) is 57.6 Å². The number of hydrogen-bond acceptors (Lipinski definition) is 10. The van der Waals surface area contributed by atoms with Crippen LogP contribution in [-0.2, 0) is 30.1 Å². The summed E-state index contributed by atoms with van der Waals surface area (Å²) in [5, 5.41) is 23.8. The van der Waals surface area contributed by atoms with E-state index in [4.69, 9.17) is 18.9 Å². The fourth-order valence-electron chi connectivity index (χ4n) is 8.63. The molecule has 1 N–H and O–H groups in total. The van der Waals surface area contributed by atoms with Crippen molar-refractivity contribution in [1.29, 1.82) is 0 Å². The van der Waals surface area contributed by atoms with E-state index in [2.05, 4.69) is 57.6 Å². The molecule has 2 amide bonds. The van der Waals surface area contributed by atoms with Gasteiger partial charge in [0.1, 0.15) is 23.4 Å². The minimum Gasteiger partial charge on any atom is -0.442 e. The predicted molar refractivity (Wildman–Crippen MR) is 280 cm³/mol. The van der Waals surface area contributed by atoms with Crippen molar-refractivity contribution in [2.45, 2.75) is 23.4 Å². The van der Waals surface area contributed by atoms with Crippen molar-refractivity contribution in [2.75, 3.05) is 31.2 Å². The number of nitro groups is 2. The summed E-state index contributed by atoms with van der Waals surface area (Å²) >= 11 is 3.17. The number of ether oxygens (including phenoxy) is 4. The highest BCUT2D eigenvalue weighted by Crippen LogP contribution is 2.42. The molecule has 2 heterocycles. The van der Waals surface area contributed by atoms with Crippen molar-refractivity contribution in [1.82, 2.24) is 5.32 Å². The first-order chi connectivity index (χ1) is 35.6. The van der Waals surface area contributed by atoms with Crippen LogP contribution in [0.15, 0.2) is 235 Å². The van der Waals surface area contributed by atoms with Crippen LogP contribution in [0.4, 0.5) is 26.7 Å². The van der Waals surface area contributed by atoms with Crippen molar-refractivity contribution >= 4 is 45.2 Å². The molecule has 2 fully saturated rings. The quantitative estimate of drug-likeness (QED) is 0.0591. The van der Waals surface area contributed by atoms with Crippen LogP contribution < -0.4 is 10.2 Å². The van der Waals surface area contributed by atoms with E-state index in [-0.39, 0.29) is 37.2 Å². The van der Waals surface area contributed by atoms with E-state index in [1.54, 1.807) is 24.3 Å².